The van der Waals surface area contributed by atoms with E-state index < -0.39 is 5.60 Å². The second-order valence-electron chi connectivity index (χ2n) is 3.32. The highest BCUT2D eigenvalue weighted by Gasteiger charge is 2.42. The van der Waals surface area contributed by atoms with Gasteiger partial charge in [0.05, 0.1) is 0 Å². The maximum Gasteiger partial charge on any atom is 0.255 e. The monoisotopic (exact) mass is 172 g/mol. The Morgan fingerprint density at radius 2 is 2.25 bits per heavy atom. The second-order valence-corrected chi connectivity index (χ2v) is 3.32. The van der Waals surface area contributed by atoms with Crippen molar-refractivity contribution in [2.75, 3.05) is 34.3 Å². The van der Waals surface area contributed by atoms with Crippen LogP contribution >= 0.6 is 0 Å². The fraction of sp³-hybridized carbons (Fsp3) is 0.875. The van der Waals surface area contributed by atoms with E-state index in [1.54, 1.807) is 26.1 Å². The third-order valence-corrected chi connectivity index (χ3v) is 2.30. The second kappa shape index (κ2) is 3.41. The summed E-state index contributed by atoms with van der Waals surface area (Å²) in [6.45, 7) is 1.48. The van der Waals surface area contributed by atoms with E-state index in [0.29, 0.717) is 6.54 Å². The average Bonchev–Trinajstić information content (AvgIpc) is 2.52. The van der Waals surface area contributed by atoms with Crippen molar-refractivity contribution in [2.24, 2.45) is 0 Å². The highest BCUT2D eigenvalue weighted by molar-refractivity contribution is 5.85. The summed E-state index contributed by atoms with van der Waals surface area (Å²) in [5.74, 6) is 0.0509. The molecule has 0 unspecified atom stereocenters. The van der Waals surface area contributed by atoms with Gasteiger partial charge in [0.25, 0.3) is 5.91 Å². The van der Waals surface area contributed by atoms with Gasteiger partial charge in [-0.3, -0.25) is 4.79 Å². The molecule has 1 aliphatic rings. The molecular weight excluding hydrogens is 156 g/mol. The zero-order valence-electron chi connectivity index (χ0n) is 7.89. The molecule has 1 saturated heterocycles. The third-order valence-electron chi connectivity index (χ3n) is 2.30. The number of methoxy groups -OCH3 is 1. The van der Waals surface area contributed by atoms with Gasteiger partial charge in [0.15, 0.2) is 5.60 Å². The molecule has 4 nitrogen and oxygen atoms in total. The molecule has 0 aromatic rings. The summed E-state index contributed by atoms with van der Waals surface area (Å²) in [5.41, 5.74) is -0.608. The normalized spacial score (nSPS) is 28.9. The van der Waals surface area contributed by atoms with Gasteiger partial charge in [-0.15, -0.1) is 0 Å². The molecule has 1 N–H and O–H groups in total. The minimum Gasteiger partial charge on any atom is -0.367 e. The van der Waals surface area contributed by atoms with E-state index in [1.807, 2.05) is 0 Å². The first-order valence-electron chi connectivity index (χ1n) is 4.10. The van der Waals surface area contributed by atoms with Crippen molar-refractivity contribution in [3.63, 3.8) is 0 Å². The van der Waals surface area contributed by atoms with E-state index in [1.165, 1.54) is 0 Å². The van der Waals surface area contributed by atoms with Gasteiger partial charge in [0.2, 0.25) is 0 Å². The molecule has 0 bridgehead atoms. The van der Waals surface area contributed by atoms with Crippen LogP contribution in [0.25, 0.3) is 0 Å². The molecular formula is C8H16N2O2. The summed E-state index contributed by atoms with van der Waals surface area (Å²) in [6.07, 6.45) is 0.764. The maximum absolute atomic E-state index is 11.7. The molecule has 1 rings (SSSR count). The number of amides is 1. The largest absolute Gasteiger partial charge is 0.367 e. The molecule has 0 radical (unpaired) electrons. The number of hydrogen-bond donors (Lipinski definition) is 1. The number of ether oxygens (including phenoxy) is 1. The lowest BCUT2D eigenvalue weighted by Crippen LogP contribution is -2.49. The molecule has 1 fully saturated rings. The van der Waals surface area contributed by atoms with E-state index in [-0.39, 0.29) is 5.91 Å². The molecule has 0 aliphatic carbocycles. The van der Waals surface area contributed by atoms with Crippen LogP contribution in [0, 0.1) is 0 Å². The Labute approximate surface area is 72.9 Å². The van der Waals surface area contributed by atoms with E-state index in [2.05, 4.69) is 5.32 Å². The average molecular weight is 172 g/mol. The zero-order chi connectivity index (χ0) is 9.19. The standard InChI is InChI=1S/C8H16N2O2/c1-10(2)7(11)8(12-3)4-5-9-6-8/h9H,4-6H2,1-3H3/t8-/m1/s1. The Balaban J connectivity index is 2.72. The molecule has 0 spiro atoms. The van der Waals surface area contributed by atoms with Gasteiger partial charge in [-0.05, 0) is 13.0 Å². The molecule has 70 valence electrons. The van der Waals surface area contributed by atoms with Crippen LogP contribution in [0.2, 0.25) is 0 Å². The smallest absolute Gasteiger partial charge is 0.255 e. The van der Waals surface area contributed by atoms with Gasteiger partial charge < -0.3 is 15.0 Å². The molecule has 0 aromatic carbocycles. The number of hydrogen-bond acceptors (Lipinski definition) is 3. The Hall–Kier alpha value is -0.610. The number of nitrogens with zero attached hydrogens (tertiary/aromatic N) is 1. The van der Waals surface area contributed by atoms with Gasteiger partial charge in [0, 0.05) is 27.7 Å². The molecule has 0 aromatic heterocycles. The van der Waals surface area contributed by atoms with Gasteiger partial charge in [-0.1, -0.05) is 0 Å². The number of nitrogens with one attached hydrogen (secondary N) is 1. The predicted octanol–water partition coefficient (Wildman–Crippen LogP) is -0.547. The summed E-state index contributed by atoms with van der Waals surface area (Å²) < 4.78 is 5.27. The molecule has 1 heterocycles. The fourth-order valence-electron chi connectivity index (χ4n) is 1.52. The van der Waals surface area contributed by atoms with Crippen molar-refractivity contribution in [3.8, 4) is 0 Å². The van der Waals surface area contributed by atoms with Gasteiger partial charge >= 0.3 is 0 Å². The lowest BCUT2D eigenvalue weighted by Gasteiger charge is -2.28. The van der Waals surface area contributed by atoms with Crippen molar-refractivity contribution in [2.45, 2.75) is 12.0 Å². The third kappa shape index (κ3) is 1.44. The summed E-state index contributed by atoms with van der Waals surface area (Å²) >= 11 is 0. The van der Waals surface area contributed by atoms with E-state index in [9.17, 15) is 4.79 Å². The SMILES string of the molecule is CO[C@]1(C(=O)N(C)C)CCNC1. The van der Waals surface area contributed by atoms with Crippen LogP contribution in [0.15, 0.2) is 0 Å². The van der Waals surface area contributed by atoms with Crippen LogP contribution in [-0.4, -0.2) is 50.7 Å². The van der Waals surface area contributed by atoms with Crippen molar-refractivity contribution in [1.29, 1.82) is 0 Å². The van der Waals surface area contributed by atoms with E-state index in [0.717, 1.165) is 13.0 Å². The Bertz CT molecular complexity index is 174. The van der Waals surface area contributed by atoms with Crippen LogP contribution in [0.1, 0.15) is 6.42 Å². The van der Waals surface area contributed by atoms with Gasteiger partial charge in [-0.2, -0.15) is 0 Å². The zero-order valence-corrected chi connectivity index (χ0v) is 7.89. The highest BCUT2D eigenvalue weighted by Crippen LogP contribution is 2.20. The number of carbonyl (C=O) groups is 1. The van der Waals surface area contributed by atoms with Crippen LogP contribution in [0.5, 0.6) is 0 Å². The highest BCUT2D eigenvalue weighted by atomic mass is 16.5. The quantitative estimate of drug-likeness (QED) is 0.608. The van der Waals surface area contributed by atoms with Crippen molar-refractivity contribution >= 4 is 5.91 Å². The van der Waals surface area contributed by atoms with Crippen molar-refractivity contribution in [3.05, 3.63) is 0 Å². The Morgan fingerprint density at radius 1 is 1.58 bits per heavy atom. The first kappa shape index (κ1) is 9.48. The minimum absolute atomic E-state index is 0.0509. The fourth-order valence-corrected chi connectivity index (χ4v) is 1.52. The molecule has 4 heteroatoms. The summed E-state index contributed by atoms with van der Waals surface area (Å²) in [6, 6.07) is 0. The predicted molar refractivity (Wildman–Crippen MR) is 45.9 cm³/mol. The van der Waals surface area contributed by atoms with E-state index >= 15 is 0 Å². The minimum atomic E-state index is -0.608. The lowest BCUT2D eigenvalue weighted by atomic mass is 10.0. The Morgan fingerprint density at radius 3 is 2.58 bits per heavy atom. The van der Waals surface area contributed by atoms with Crippen molar-refractivity contribution < 1.29 is 9.53 Å². The summed E-state index contributed by atoms with van der Waals surface area (Å²) in [4.78, 5) is 13.2. The maximum atomic E-state index is 11.7. The lowest BCUT2D eigenvalue weighted by molar-refractivity contribution is -0.149. The Kier molecular flexibility index (Phi) is 2.69. The number of carbonyl (C=O) groups excluding carboxylic acids is 1. The topological polar surface area (TPSA) is 41.6 Å². The molecule has 1 atom stereocenters. The van der Waals surface area contributed by atoms with Gasteiger partial charge in [0.1, 0.15) is 0 Å². The molecule has 12 heavy (non-hydrogen) atoms. The molecule has 0 saturated carbocycles. The number of likely N-dealkylation sites (N-methyl/N-ethyl adjacent to an activating group) is 1. The van der Waals surface area contributed by atoms with Crippen LogP contribution in [0.4, 0.5) is 0 Å². The number of rotatable bonds is 2. The van der Waals surface area contributed by atoms with Crippen LogP contribution in [-0.2, 0) is 9.53 Å². The first-order valence-corrected chi connectivity index (χ1v) is 4.10. The summed E-state index contributed by atoms with van der Waals surface area (Å²) in [5, 5.41) is 3.13. The molecule has 1 amide bonds. The van der Waals surface area contributed by atoms with E-state index in [4.69, 9.17) is 4.74 Å². The summed E-state index contributed by atoms with van der Waals surface area (Å²) in [7, 11) is 5.09. The van der Waals surface area contributed by atoms with Gasteiger partial charge in [-0.25, -0.2) is 0 Å². The van der Waals surface area contributed by atoms with Crippen LogP contribution in [0.3, 0.4) is 0 Å². The van der Waals surface area contributed by atoms with Crippen molar-refractivity contribution in [1.82, 2.24) is 10.2 Å². The van der Waals surface area contributed by atoms with Crippen LogP contribution < -0.4 is 5.32 Å². The molecule has 1 aliphatic heterocycles. The first-order chi connectivity index (χ1) is 5.62.